The third-order valence-electron chi connectivity index (χ3n) is 5.95. The average molecular weight is 715 g/mol. The number of ether oxygens (including phenoxy) is 3. The smallest absolute Gasteiger partial charge is 0.251 e. The topological polar surface area (TPSA) is 214 Å². The number of halogens is 1. The van der Waals surface area contributed by atoms with Crippen molar-refractivity contribution in [2.24, 2.45) is 17.4 Å². The van der Waals surface area contributed by atoms with Crippen LogP contribution in [0, 0.1) is 0 Å². The molecule has 0 atom stereocenters. The van der Waals surface area contributed by atoms with E-state index < -0.39 is 0 Å². The number of allylic oxidation sites excluding steroid dienone is 1. The van der Waals surface area contributed by atoms with Crippen molar-refractivity contribution in [1.82, 2.24) is 15.6 Å². The predicted molar refractivity (Wildman–Crippen MR) is 174 cm³/mol. The van der Waals surface area contributed by atoms with E-state index in [1.54, 1.807) is 59.5 Å². The van der Waals surface area contributed by atoms with Crippen molar-refractivity contribution < 1.29 is 26.9 Å². The lowest BCUT2D eigenvalue weighted by Gasteiger charge is -2.15. The molecule has 2 aromatic rings. The van der Waals surface area contributed by atoms with Crippen LogP contribution in [0.15, 0.2) is 54.4 Å². The summed E-state index contributed by atoms with van der Waals surface area (Å²) >= 11 is 1.78. The fourth-order valence-corrected chi connectivity index (χ4v) is 4.03. The summed E-state index contributed by atoms with van der Waals surface area (Å²) in [5.74, 6) is 11.6. The van der Waals surface area contributed by atoms with Crippen molar-refractivity contribution in [3.8, 4) is 5.75 Å². The molecule has 2 aromatic carbocycles. The standard InChI is InChI=1S/C28H43IN8O6/c29-43-26-7-1-21(19-25(26)31)9-10-34-27(38)8-4-23(30)20-37(33)12-14-41-16-18-42-17-15-40-13-11-35-28(39)22-2-5-24(36-32)6-3-22/h1-3,5-7,19-20,36H,4,8-18,30-33H2,(H,34,38)(H,35,39)/b23-20-. The first-order valence-corrected chi connectivity index (χ1v) is 14.7. The van der Waals surface area contributed by atoms with E-state index in [4.69, 9.17) is 40.4 Å². The summed E-state index contributed by atoms with van der Waals surface area (Å²) in [6.07, 6.45) is 2.90. The number of carbonyl (C=O) groups is 2. The predicted octanol–water partition coefficient (Wildman–Crippen LogP) is 1.18. The van der Waals surface area contributed by atoms with Gasteiger partial charge in [-0.25, -0.2) is 5.84 Å². The highest BCUT2D eigenvalue weighted by Crippen LogP contribution is 2.24. The molecular weight excluding hydrogens is 671 g/mol. The summed E-state index contributed by atoms with van der Waals surface area (Å²) < 4.78 is 21.6. The number of hydrazine groups is 2. The summed E-state index contributed by atoms with van der Waals surface area (Å²) in [7, 11) is 0. The Hall–Kier alpha value is -3.35. The molecule has 0 saturated carbocycles. The lowest BCUT2D eigenvalue weighted by atomic mass is 10.1. The maximum atomic E-state index is 12.1. The summed E-state index contributed by atoms with van der Waals surface area (Å²) in [5, 5.41) is 7.09. The minimum Gasteiger partial charge on any atom is -0.425 e. The second kappa shape index (κ2) is 21.4. The van der Waals surface area contributed by atoms with Crippen LogP contribution < -0.4 is 42.3 Å². The maximum absolute atomic E-state index is 12.1. The summed E-state index contributed by atoms with van der Waals surface area (Å²) in [4.78, 5) is 24.2. The first-order valence-electron chi connectivity index (χ1n) is 13.8. The molecule has 238 valence electrons. The molecular formula is C28H43IN8O6. The molecule has 0 heterocycles. The van der Waals surface area contributed by atoms with Gasteiger partial charge in [-0.2, -0.15) is 0 Å². The molecule has 2 rings (SSSR count). The van der Waals surface area contributed by atoms with Crippen LogP contribution in [-0.4, -0.2) is 76.1 Å². The number of nitrogens with two attached hydrogens (primary N) is 4. The van der Waals surface area contributed by atoms with Gasteiger partial charge in [-0.3, -0.25) is 15.4 Å². The van der Waals surface area contributed by atoms with Crippen LogP contribution in [0.2, 0.25) is 0 Å². The Morgan fingerprint density at radius 2 is 1.56 bits per heavy atom. The Kier molecular flexibility index (Phi) is 17.8. The molecule has 0 unspecified atom stereocenters. The normalized spacial score (nSPS) is 11.2. The molecule has 0 aliphatic heterocycles. The summed E-state index contributed by atoms with van der Waals surface area (Å²) in [6.45, 7) is 3.72. The van der Waals surface area contributed by atoms with E-state index in [1.807, 2.05) is 12.1 Å². The number of anilines is 2. The molecule has 43 heavy (non-hydrogen) atoms. The van der Waals surface area contributed by atoms with Gasteiger partial charge in [0.15, 0.2) is 28.8 Å². The number of amides is 2. The Labute approximate surface area is 266 Å². The van der Waals surface area contributed by atoms with E-state index in [9.17, 15) is 9.59 Å². The molecule has 0 spiro atoms. The van der Waals surface area contributed by atoms with Crippen molar-refractivity contribution in [2.75, 3.05) is 70.4 Å². The zero-order chi connectivity index (χ0) is 31.3. The van der Waals surface area contributed by atoms with Gasteiger partial charge in [0.05, 0.1) is 51.9 Å². The highest BCUT2D eigenvalue weighted by molar-refractivity contribution is 14.1. The van der Waals surface area contributed by atoms with Gasteiger partial charge in [-0.05, 0) is 54.8 Å². The van der Waals surface area contributed by atoms with Crippen molar-refractivity contribution in [3.05, 3.63) is 65.5 Å². The lowest BCUT2D eigenvalue weighted by Crippen LogP contribution is -2.31. The SMILES string of the molecule is NNc1ccc(C(=O)NCCOCCOCCOCCN(N)/C=C(\N)CCC(=O)NCCc2ccc(OI)c(N)c2)cc1. The number of hydrogen-bond donors (Lipinski definition) is 7. The van der Waals surface area contributed by atoms with Gasteiger partial charge in [-0.1, -0.05) is 6.07 Å². The van der Waals surface area contributed by atoms with E-state index >= 15 is 0 Å². The summed E-state index contributed by atoms with van der Waals surface area (Å²) in [6, 6.07) is 12.4. The Bertz CT molecular complexity index is 1140. The zero-order valence-electron chi connectivity index (χ0n) is 24.2. The van der Waals surface area contributed by atoms with Crippen molar-refractivity contribution in [3.63, 3.8) is 0 Å². The van der Waals surface area contributed by atoms with Gasteiger partial charge in [0.25, 0.3) is 5.91 Å². The van der Waals surface area contributed by atoms with Crippen LogP contribution in [0.4, 0.5) is 11.4 Å². The number of nitrogens with zero attached hydrogens (tertiary/aromatic N) is 1. The number of carbonyl (C=O) groups excluding carboxylic acids is 2. The van der Waals surface area contributed by atoms with Crippen molar-refractivity contribution >= 4 is 46.2 Å². The van der Waals surface area contributed by atoms with Gasteiger partial charge in [0.2, 0.25) is 5.91 Å². The highest BCUT2D eigenvalue weighted by atomic mass is 127. The molecule has 0 fully saturated rings. The molecule has 2 amide bonds. The van der Waals surface area contributed by atoms with E-state index in [0.717, 1.165) is 11.3 Å². The molecule has 0 aliphatic carbocycles. The minimum absolute atomic E-state index is 0.0937. The Morgan fingerprint density at radius 1 is 0.884 bits per heavy atom. The number of nitrogen functional groups attached to an aromatic ring is 2. The summed E-state index contributed by atoms with van der Waals surface area (Å²) in [5.41, 5.74) is 17.8. The number of nitrogens with one attached hydrogen (secondary N) is 3. The second-order valence-corrected chi connectivity index (χ2v) is 9.75. The molecule has 0 bridgehead atoms. The van der Waals surface area contributed by atoms with Gasteiger partial charge in [-0.15, -0.1) is 0 Å². The van der Waals surface area contributed by atoms with Crippen LogP contribution in [0.5, 0.6) is 5.75 Å². The molecule has 0 radical (unpaired) electrons. The number of hydrogen-bond acceptors (Lipinski definition) is 12. The Balaban J connectivity index is 1.41. The van der Waals surface area contributed by atoms with Crippen LogP contribution in [0.1, 0.15) is 28.8 Å². The highest BCUT2D eigenvalue weighted by Gasteiger charge is 2.06. The molecule has 0 saturated heterocycles. The first-order chi connectivity index (χ1) is 20.8. The van der Waals surface area contributed by atoms with E-state index in [-0.39, 0.29) is 18.2 Å². The molecule has 0 aromatic heterocycles. The number of rotatable bonds is 22. The van der Waals surface area contributed by atoms with Gasteiger partial charge in [0, 0.05) is 42.7 Å². The third-order valence-corrected chi connectivity index (χ3v) is 6.42. The van der Waals surface area contributed by atoms with Crippen LogP contribution >= 0.6 is 23.0 Å². The minimum atomic E-state index is -0.179. The largest absolute Gasteiger partial charge is 0.425 e. The van der Waals surface area contributed by atoms with Gasteiger partial charge in [0.1, 0.15) is 0 Å². The zero-order valence-corrected chi connectivity index (χ0v) is 26.3. The first kappa shape index (κ1) is 35.8. The number of benzene rings is 2. The molecule has 14 nitrogen and oxygen atoms in total. The van der Waals surface area contributed by atoms with E-state index in [1.165, 1.54) is 5.01 Å². The van der Waals surface area contributed by atoms with Crippen LogP contribution in [-0.2, 0) is 25.4 Å². The van der Waals surface area contributed by atoms with Crippen LogP contribution in [0.25, 0.3) is 0 Å². The quantitative estimate of drug-likeness (QED) is 0.0301. The van der Waals surface area contributed by atoms with Gasteiger partial charge < -0.3 is 49.8 Å². The monoisotopic (exact) mass is 714 g/mol. The molecule has 15 heteroatoms. The Morgan fingerprint density at radius 3 is 2.21 bits per heavy atom. The maximum Gasteiger partial charge on any atom is 0.251 e. The van der Waals surface area contributed by atoms with Crippen molar-refractivity contribution in [1.29, 1.82) is 0 Å². The van der Waals surface area contributed by atoms with E-state index in [2.05, 4.69) is 16.1 Å². The van der Waals surface area contributed by atoms with Gasteiger partial charge >= 0.3 is 0 Å². The van der Waals surface area contributed by atoms with Crippen molar-refractivity contribution in [2.45, 2.75) is 19.3 Å². The molecule has 0 aliphatic rings. The second-order valence-electron chi connectivity index (χ2n) is 9.31. The average Bonchev–Trinajstić information content (AvgIpc) is 3.00. The fraction of sp³-hybridized carbons (Fsp3) is 0.429. The fourth-order valence-electron chi connectivity index (χ4n) is 3.63. The molecule has 11 N–H and O–H groups in total. The third kappa shape index (κ3) is 15.6. The lowest BCUT2D eigenvalue weighted by molar-refractivity contribution is -0.121. The van der Waals surface area contributed by atoms with E-state index in [0.29, 0.717) is 94.8 Å². The van der Waals surface area contributed by atoms with Crippen LogP contribution in [0.3, 0.4) is 0 Å².